The van der Waals surface area contributed by atoms with E-state index < -0.39 is 0 Å². The molecule has 4 nitrogen and oxygen atoms in total. The maximum atomic E-state index is 9.55. The maximum Gasteiger partial charge on any atom is 0.117 e. The van der Waals surface area contributed by atoms with Crippen LogP contribution >= 0.6 is 0 Å². The predicted octanol–water partition coefficient (Wildman–Crippen LogP) is 2.40. The summed E-state index contributed by atoms with van der Waals surface area (Å²) in [4.78, 5) is 6.28. The van der Waals surface area contributed by atoms with Crippen LogP contribution in [0, 0.1) is 0 Å². The largest absolute Gasteiger partial charge is 0.508 e. The fraction of sp³-hybridized carbons (Fsp3) is 0.214. The first-order chi connectivity index (χ1) is 8.74. The SMILES string of the molecule is CCN(c1cccc(O)c1)c1ccnc(CN)c1. The number of phenolic OH excluding ortho intramolecular Hbond substituents is 1. The van der Waals surface area contributed by atoms with Crippen LogP contribution in [0.5, 0.6) is 5.75 Å². The van der Waals surface area contributed by atoms with Crippen molar-refractivity contribution in [2.75, 3.05) is 11.4 Å². The third-order valence-corrected chi connectivity index (χ3v) is 2.78. The fourth-order valence-electron chi connectivity index (χ4n) is 1.92. The van der Waals surface area contributed by atoms with Crippen LogP contribution in [0.25, 0.3) is 0 Å². The molecule has 1 aromatic heterocycles. The van der Waals surface area contributed by atoms with Crippen molar-refractivity contribution in [3.05, 3.63) is 48.3 Å². The Kier molecular flexibility index (Phi) is 3.79. The molecule has 0 amide bonds. The van der Waals surface area contributed by atoms with Gasteiger partial charge >= 0.3 is 0 Å². The number of rotatable bonds is 4. The molecule has 0 bridgehead atoms. The molecule has 0 spiro atoms. The zero-order valence-corrected chi connectivity index (χ0v) is 10.4. The van der Waals surface area contributed by atoms with Gasteiger partial charge in [-0.2, -0.15) is 0 Å². The minimum atomic E-state index is 0.263. The minimum absolute atomic E-state index is 0.263. The van der Waals surface area contributed by atoms with Crippen LogP contribution in [0.3, 0.4) is 0 Å². The Bertz CT molecular complexity index is 528. The molecule has 4 heteroatoms. The van der Waals surface area contributed by atoms with Crippen molar-refractivity contribution in [1.82, 2.24) is 4.98 Å². The highest BCUT2D eigenvalue weighted by molar-refractivity contribution is 5.64. The zero-order chi connectivity index (χ0) is 13.0. The van der Waals surface area contributed by atoms with Crippen molar-refractivity contribution >= 4 is 11.4 Å². The number of hydrogen-bond donors (Lipinski definition) is 2. The van der Waals surface area contributed by atoms with E-state index in [1.165, 1.54) is 0 Å². The highest BCUT2D eigenvalue weighted by Crippen LogP contribution is 2.27. The summed E-state index contributed by atoms with van der Waals surface area (Å²) < 4.78 is 0. The van der Waals surface area contributed by atoms with Gasteiger partial charge < -0.3 is 15.7 Å². The van der Waals surface area contributed by atoms with E-state index in [1.54, 1.807) is 18.3 Å². The summed E-state index contributed by atoms with van der Waals surface area (Å²) in [6.07, 6.45) is 1.75. The number of nitrogens with two attached hydrogens (primary N) is 1. The second-order valence-corrected chi connectivity index (χ2v) is 3.97. The number of phenols is 1. The Hall–Kier alpha value is -2.07. The average molecular weight is 243 g/mol. The highest BCUT2D eigenvalue weighted by atomic mass is 16.3. The third kappa shape index (κ3) is 2.60. The molecular formula is C14H17N3O. The minimum Gasteiger partial charge on any atom is -0.508 e. The number of aromatic nitrogens is 1. The van der Waals surface area contributed by atoms with Gasteiger partial charge in [0.25, 0.3) is 0 Å². The normalized spacial score (nSPS) is 10.3. The number of hydrogen-bond acceptors (Lipinski definition) is 4. The van der Waals surface area contributed by atoms with Gasteiger partial charge in [0.05, 0.1) is 5.69 Å². The van der Waals surface area contributed by atoms with Crippen LogP contribution in [0.15, 0.2) is 42.6 Å². The zero-order valence-electron chi connectivity index (χ0n) is 10.4. The molecule has 0 aliphatic carbocycles. The quantitative estimate of drug-likeness (QED) is 0.865. The molecule has 0 radical (unpaired) electrons. The Morgan fingerprint density at radius 3 is 2.67 bits per heavy atom. The van der Waals surface area contributed by atoms with Crippen LogP contribution in [-0.4, -0.2) is 16.6 Å². The molecule has 0 aliphatic heterocycles. The van der Waals surface area contributed by atoms with Crippen LogP contribution in [0.1, 0.15) is 12.6 Å². The lowest BCUT2D eigenvalue weighted by Crippen LogP contribution is -2.16. The van der Waals surface area contributed by atoms with E-state index in [4.69, 9.17) is 5.73 Å². The van der Waals surface area contributed by atoms with Crippen molar-refractivity contribution in [1.29, 1.82) is 0 Å². The van der Waals surface area contributed by atoms with E-state index in [2.05, 4.69) is 16.8 Å². The van der Waals surface area contributed by atoms with Gasteiger partial charge in [-0.15, -0.1) is 0 Å². The molecule has 1 heterocycles. The number of pyridine rings is 1. The fourth-order valence-corrected chi connectivity index (χ4v) is 1.92. The van der Waals surface area contributed by atoms with E-state index >= 15 is 0 Å². The average Bonchev–Trinajstić information content (AvgIpc) is 2.40. The molecular weight excluding hydrogens is 226 g/mol. The molecule has 0 unspecified atom stereocenters. The van der Waals surface area contributed by atoms with Crippen LogP contribution in [-0.2, 0) is 6.54 Å². The van der Waals surface area contributed by atoms with Gasteiger partial charge in [-0.05, 0) is 31.2 Å². The van der Waals surface area contributed by atoms with E-state index in [0.29, 0.717) is 6.54 Å². The van der Waals surface area contributed by atoms with Crippen molar-refractivity contribution < 1.29 is 5.11 Å². The monoisotopic (exact) mass is 243 g/mol. The molecule has 0 saturated heterocycles. The van der Waals surface area contributed by atoms with Crippen molar-refractivity contribution in [3.8, 4) is 5.75 Å². The Balaban J connectivity index is 2.38. The molecule has 2 rings (SSSR count). The van der Waals surface area contributed by atoms with E-state index in [1.807, 2.05) is 24.3 Å². The van der Waals surface area contributed by atoms with Gasteiger partial charge in [0, 0.05) is 36.7 Å². The first-order valence-electron chi connectivity index (χ1n) is 5.96. The summed E-state index contributed by atoms with van der Waals surface area (Å²) in [7, 11) is 0. The topological polar surface area (TPSA) is 62.4 Å². The number of nitrogens with zero attached hydrogens (tertiary/aromatic N) is 2. The third-order valence-electron chi connectivity index (χ3n) is 2.78. The number of aromatic hydroxyl groups is 1. The summed E-state index contributed by atoms with van der Waals surface area (Å²) in [5.74, 6) is 0.263. The molecule has 0 atom stereocenters. The molecule has 3 N–H and O–H groups in total. The lowest BCUT2D eigenvalue weighted by molar-refractivity contribution is 0.475. The van der Waals surface area contributed by atoms with Gasteiger partial charge in [0.2, 0.25) is 0 Å². The Morgan fingerprint density at radius 2 is 2.00 bits per heavy atom. The van der Waals surface area contributed by atoms with Crippen molar-refractivity contribution in [2.24, 2.45) is 5.73 Å². The Labute approximate surface area is 107 Å². The van der Waals surface area contributed by atoms with E-state index in [-0.39, 0.29) is 5.75 Å². The van der Waals surface area contributed by atoms with Crippen molar-refractivity contribution in [3.63, 3.8) is 0 Å². The molecule has 2 aromatic rings. The maximum absolute atomic E-state index is 9.55. The Morgan fingerprint density at radius 1 is 1.22 bits per heavy atom. The van der Waals surface area contributed by atoms with E-state index in [0.717, 1.165) is 23.6 Å². The van der Waals surface area contributed by atoms with E-state index in [9.17, 15) is 5.11 Å². The van der Waals surface area contributed by atoms with Crippen LogP contribution in [0.2, 0.25) is 0 Å². The molecule has 1 aromatic carbocycles. The first kappa shape index (κ1) is 12.4. The second kappa shape index (κ2) is 5.51. The lowest BCUT2D eigenvalue weighted by atomic mass is 10.2. The second-order valence-electron chi connectivity index (χ2n) is 3.97. The summed E-state index contributed by atoms with van der Waals surface area (Å²) in [5, 5.41) is 9.55. The molecule has 18 heavy (non-hydrogen) atoms. The van der Waals surface area contributed by atoms with Gasteiger partial charge in [-0.1, -0.05) is 6.07 Å². The summed E-state index contributed by atoms with van der Waals surface area (Å²) in [5.41, 5.74) is 8.43. The number of anilines is 2. The predicted molar refractivity (Wildman–Crippen MR) is 72.9 cm³/mol. The summed E-state index contributed by atoms with van der Waals surface area (Å²) in [6, 6.07) is 11.1. The standard InChI is InChI=1S/C14H17N3O/c1-2-17(12-4-3-5-14(18)9-12)13-6-7-16-11(8-13)10-15/h3-9,18H,2,10,15H2,1H3. The molecule has 94 valence electrons. The molecule has 0 aliphatic rings. The van der Waals surface area contributed by atoms with Crippen molar-refractivity contribution in [2.45, 2.75) is 13.5 Å². The summed E-state index contributed by atoms with van der Waals surface area (Å²) >= 11 is 0. The smallest absolute Gasteiger partial charge is 0.117 e. The first-order valence-corrected chi connectivity index (χ1v) is 5.96. The van der Waals surface area contributed by atoms with Crippen LogP contribution < -0.4 is 10.6 Å². The van der Waals surface area contributed by atoms with Crippen LogP contribution in [0.4, 0.5) is 11.4 Å². The highest BCUT2D eigenvalue weighted by Gasteiger charge is 2.08. The van der Waals surface area contributed by atoms with Gasteiger partial charge in [-0.25, -0.2) is 0 Å². The summed E-state index contributed by atoms with van der Waals surface area (Å²) in [6.45, 7) is 3.29. The van der Waals surface area contributed by atoms with Gasteiger partial charge in [-0.3, -0.25) is 4.98 Å². The lowest BCUT2D eigenvalue weighted by Gasteiger charge is -2.23. The van der Waals surface area contributed by atoms with Gasteiger partial charge in [0.1, 0.15) is 5.75 Å². The molecule has 0 fully saturated rings. The van der Waals surface area contributed by atoms with Gasteiger partial charge in [0.15, 0.2) is 0 Å². The molecule has 0 saturated carbocycles. The number of benzene rings is 1.